The third-order valence-corrected chi connectivity index (χ3v) is 5.48. The van der Waals surface area contributed by atoms with Crippen molar-refractivity contribution in [3.8, 4) is 5.75 Å². The summed E-state index contributed by atoms with van der Waals surface area (Å²) in [5.41, 5.74) is 4.32. The molecule has 5 heteroatoms. The standard InChI is InChI=1S/C23H27N3OS/c1-18-15-19(23(27)22(16-18)28-2)17-26(13-9-20-7-3-5-11-24-20)14-10-21-8-4-6-12-25-21/h3-8,11-12,15-16,27H,9-10,13-14,17H2,1-2H3. The molecule has 0 fully saturated rings. The molecule has 0 aliphatic rings. The molecular formula is C23H27N3OS. The van der Waals surface area contributed by atoms with Crippen LogP contribution in [0.1, 0.15) is 22.5 Å². The lowest BCUT2D eigenvalue weighted by Crippen LogP contribution is -2.28. The van der Waals surface area contributed by atoms with Crippen LogP contribution < -0.4 is 0 Å². The summed E-state index contributed by atoms with van der Waals surface area (Å²) >= 11 is 1.58. The van der Waals surface area contributed by atoms with Crippen molar-refractivity contribution < 1.29 is 5.11 Å². The summed E-state index contributed by atoms with van der Waals surface area (Å²) in [5, 5.41) is 10.7. The van der Waals surface area contributed by atoms with E-state index in [1.165, 1.54) is 5.56 Å². The second-order valence-electron chi connectivity index (χ2n) is 6.89. The first-order valence-corrected chi connectivity index (χ1v) is 10.8. The highest BCUT2D eigenvalue weighted by Gasteiger charge is 2.13. The minimum atomic E-state index is 0.402. The van der Waals surface area contributed by atoms with E-state index >= 15 is 0 Å². The third-order valence-electron chi connectivity index (χ3n) is 4.73. The Morgan fingerprint density at radius 3 is 2.04 bits per heavy atom. The fourth-order valence-electron chi connectivity index (χ4n) is 3.24. The van der Waals surface area contributed by atoms with Gasteiger partial charge in [0.1, 0.15) is 5.75 Å². The molecule has 28 heavy (non-hydrogen) atoms. The number of pyridine rings is 2. The fourth-order valence-corrected chi connectivity index (χ4v) is 3.87. The highest BCUT2D eigenvalue weighted by Crippen LogP contribution is 2.32. The number of benzene rings is 1. The van der Waals surface area contributed by atoms with Crippen molar-refractivity contribution in [3.05, 3.63) is 83.4 Å². The molecule has 0 atom stereocenters. The van der Waals surface area contributed by atoms with Gasteiger partial charge in [-0.2, -0.15) is 0 Å². The van der Waals surface area contributed by atoms with Crippen LogP contribution in [0.25, 0.3) is 0 Å². The summed E-state index contributed by atoms with van der Waals surface area (Å²) in [6, 6.07) is 16.2. The van der Waals surface area contributed by atoms with Gasteiger partial charge in [0.2, 0.25) is 0 Å². The number of thioether (sulfide) groups is 1. The highest BCUT2D eigenvalue weighted by atomic mass is 32.2. The van der Waals surface area contributed by atoms with Gasteiger partial charge in [-0.25, -0.2) is 0 Å². The van der Waals surface area contributed by atoms with Gasteiger partial charge >= 0.3 is 0 Å². The Bertz CT molecular complexity index is 828. The zero-order valence-electron chi connectivity index (χ0n) is 16.5. The molecule has 3 aromatic rings. The van der Waals surface area contributed by atoms with Gasteiger partial charge in [0, 0.05) is 66.7 Å². The molecule has 2 aromatic heterocycles. The maximum absolute atomic E-state index is 10.7. The molecule has 2 heterocycles. The molecule has 146 valence electrons. The molecule has 0 aliphatic carbocycles. The smallest absolute Gasteiger partial charge is 0.133 e. The number of aromatic nitrogens is 2. The topological polar surface area (TPSA) is 49.2 Å². The van der Waals surface area contributed by atoms with Crippen molar-refractivity contribution in [2.24, 2.45) is 0 Å². The SMILES string of the molecule is CSc1cc(C)cc(CN(CCc2ccccn2)CCc2ccccn2)c1O. The van der Waals surface area contributed by atoms with E-state index in [-0.39, 0.29) is 0 Å². The molecule has 0 bridgehead atoms. The summed E-state index contributed by atoms with van der Waals surface area (Å²) in [6.07, 6.45) is 7.43. The molecule has 0 saturated heterocycles. The molecule has 0 radical (unpaired) electrons. The van der Waals surface area contributed by atoms with Crippen molar-refractivity contribution in [3.63, 3.8) is 0 Å². The molecule has 3 rings (SSSR count). The van der Waals surface area contributed by atoms with E-state index in [1.54, 1.807) is 11.8 Å². The van der Waals surface area contributed by atoms with Crippen molar-refractivity contribution in [2.45, 2.75) is 31.2 Å². The van der Waals surface area contributed by atoms with Crippen LogP contribution in [0.3, 0.4) is 0 Å². The summed E-state index contributed by atoms with van der Waals surface area (Å²) < 4.78 is 0. The van der Waals surface area contributed by atoms with Crippen molar-refractivity contribution >= 4 is 11.8 Å². The molecule has 0 unspecified atom stereocenters. The number of nitrogens with zero attached hydrogens (tertiary/aromatic N) is 3. The van der Waals surface area contributed by atoms with E-state index in [1.807, 2.05) is 49.0 Å². The Kier molecular flexibility index (Phi) is 7.46. The van der Waals surface area contributed by atoms with E-state index in [4.69, 9.17) is 0 Å². The summed E-state index contributed by atoms with van der Waals surface area (Å²) in [4.78, 5) is 12.2. The normalized spacial score (nSPS) is 11.1. The highest BCUT2D eigenvalue weighted by molar-refractivity contribution is 7.98. The minimum absolute atomic E-state index is 0.402. The van der Waals surface area contributed by atoms with Crippen molar-refractivity contribution in [2.75, 3.05) is 19.3 Å². The largest absolute Gasteiger partial charge is 0.506 e. The molecule has 1 N–H and O–H groups in total. The van der Waals surface area contributed by atoms with Crippen LogP contribution in [0.4, 0.5) is 0 Å². The van der Waals surface area contributed by atoms with E-state index in [0.29, 0.717) is 12.3 Å². The lowest BCUT2D eigenvalue weighted by Gasteiger charge is -2.23. The maximum Gasteiger partial charge on any atom is 0.133 e. The summed E-state index contributed by atoms with van der Waals surface area (Å²) in [5.74, 6) is 0.402. The van der Waals surface area contributed by atoms with Crippen LogP contribution in [0.5, 0.6) is 5.75 Å². The van der Waals surface area contributed by atoms with Gasteiger partial charge in [-0.3, -0.25) is 14.9 Å². The van der Waals surface area contributed by atoms with E-state index in [2.05, 4.69) is 40.0 Å². The number of aryl methyl sites for hydroxylation is 1. The zero-order chi connectivity index (χ0) is 19.8. The quantitative estimate of drug-likeness (QED) is 0.543. The minimum Gasteiger partial charge on any atom is -0.506 e. The Balaban J connectivity index is 1.74. The Hall–Kier alpha value is -2.37. The number of aromatic hydroxyl groups is 1. The fraction of sp³-hybridized carbons (Fsp3) is 0.304. The lowest BCUT2D eigenvalue weighted by molar-refractivity contribution is 0.266. The molecule has 0 spiro atoms. The molecule has 1 aromatic carbocycles. The number of phenols is 1. The number of hydrogen-bond acceptors (Lipinski definition) is 5. The zero-order valence-corrected chi connectivity index (χ0v) is 17.3. The second kappa shape index (κ2) is 10.2. The van der Waals surface area contributed by atoms with Gasteiger partial charge in [0.05, 0.1) is 0 Å². The van der Waals surface area contributed by atoms with Crippen molar-refractivity contribution in [1.29, 1.82) is 0 Å². The van der Waals surface area contributed by atoms with Gasteiger partial charge in [0.25, 0.3) is 0 Å². The van der Waals surface area contributed by atoms with Crippen LogP contribution in [0.15, 0.2) is 65.8 Å². The first-order chi connectivity index (χ1) is 13.7. The van der Waals surface area contributed by atoms with E-state index < -0.39 is 0 Å². The van der Waals surface area contributed by atoms with Crippen LogP contribution in [0.2, 0.25) is 0 Å². The predicted octanol–water partition coefficient (Wildman–Crippen LogP) is 4.50. The van der Waals surface area contributed by atoms with Crippen LogP contribution in [0, 0.1) is 6.92 Å². The molecule has 0 aliphatic heterocycles. The molecule has 4 nitrogen and oxygen atoms in total. The number of hydrogen-bond donors (Lipinski definition) is 1. The van der Waals surface area contributed by atoms with E-state index in [9.17, 15) is 5.11 Å². The number of rotatable bonds is 9. The molecule has 0 amide bonds. The maximum atomic E-state index is 10.7. The van der Waals surface area contributed by atoms with Gasteiger partial charge in [-0.05, 0) is 49.1 Å². The Morgan fingerprint density at radius 2 is 1.54 bits per heavy atom. The van der Waals surface area contributed by atoms with E-state index in [0.717, 1.165) is 47.8 Å². The molecular weight excluding hydrogens is 366 g/mol. The monoisotopic (exact) mass is 393 g/mol. The second-order valence-corrected chi connectivity index (χ2v) is 7.74. The first kappa shape index (κ1) is 20.4. The van der Waals surface area contributed by atoms with Gasteiger partial charge in [-0.1, -0.05) is 18.2 Å². The summed E-state index contributed by atoms with van der Waals surface area (Å²) in [7, 11) is 0. The van der Waals surface area contributed by atoms with Crippen LogP contribution in [-0.4, -0.2) is 39.3 Å². The average molecular weight is 394 g/mol. The first-order valence-electron chi connectivity index (χ1n) is 9.54. The Morgan fingerprint density at radius 1 is 0.929 bits per heavy atom. The average Bonchev–Trinajstić information content (AvgIpc) is 2.73. The lowest BCUT2D eigenvalue weighted by atomic mass is 10.1. The predicted molar refractivity (Wildman–Crippen MR) is 116 cm³/mol. The van der Waals surface area contributed by atoms with Gasteiger partial charge < -0.3 is 5.11 Å². The molecule has 0 saturated carbocycles. The third kappa shape index (κ3) is 5.81. The number of phenolic OH excluding ortho intramolecular Hbond substituents is 1. The van der Waals surface area contributed by atoms with Crippen LogP contribution in [-0.2, 0) is 19.4 Å². The Labute approximate surface area is 171 Å². The summed E-state index contributed by atoms with van der Waals surface area (Å²) in [6.45, 7) is 4.55. The van der Waals surface area contributed by atoms with Crippen molar-refractivity contribution in [1.82, 2.24) is 14.9 Å². The van der Waals surface area contributed by atoms with Gasteiger partial charge in [0.15, 0.2) is 0 Å². The van der Waals surface area contributed by atoms with Gasteiger partial charge in [-0.15, -0.1) is 11.8 Å². The van der Waals surface area contributed by atoms with Crippen LogP contribution >= 0.6 is 11.8 Å².